The highest BCUT2D eigenvalue weighted by molar-refractivity contribution is 5.83. The van der Waals surface area contributed by atoms with E-state index in [-0.39, 0.29) is 0 Å². The Morgan fingerprint density at radius 3 is 2.15 bits per heavy atom. The van der Waals surface area contributed by atoms with Crippen molar-refractivity contribution in [3.63, 3.8) is 0 Å². The second-order valence-corrected chi connectivity index (χ2v) is 10.5. The molecule has 0 saturated heterocycles. The van der Waals surface area contributed by atoms with Crippen molar-refractivity contribution >= 4 is 10.8 Å². The minimum absolute atomic E-state index is 0.420. The molecule has 1 fully saturated rings. The fourth-order valence-corrected chi connectivity index (χ4v) is 5.40. The van der Waals surface area contributed by atoms with Gasteiger partial charge in [0.2, 0.25) is 0 Å². The Kier molecular flexibility index (Phi) is 9.55. The lowest BCUT2D eigenvalue weighted by atomic mass is 9.83. The zero-order valence-electron chi connectivity index (χ0n) is 21.1. The first-order valence-electron chi connectivity index (χ1n) is 13.3. The third-order valence-corrected chi connectivity index (χ3v) is 7.55. The molecular formula is C31H43N3. The summed E-state index contributed by atoms with van der Waals surface area (Å²) >= 11 is 0. The molecule has 4 rings (SSSR count). The summed E-state index contributed by atoms with van der Waals surface area (Å²) in [6.45, 7) is 5.50. The number of fused-ring (bicyclic) bond motifs is 1. The lowest BCUT2D eigenvalue weighted by Gasteiger charge is -2.29. The summed E-state index contributed by atoms with van der Waals surface area (Å²) in [4.78, 5) is 0. The van der Waals surface area contributed by atoms with Crippen LogP contribution in [0.4, 0.5) is 0 Å². The average molecular weight is 458 g/mol. The van der Waals surface area contributed by atoms with Crippen LogP contribution in [-0.4, -0.2) is 38.8 Å². The Bertz CT molecular complexity index is 978. The maximum atomic E-state index is 3.98. The summed E-state index contributed by atoms with van der Waals surface area (Å²) in [6, 6.07) is 27.3. The number of hydrogen-bond donors (Lipinski definition) is 3. The Balaban J connectivity index is 1.40. The van der Waals surface area contributed by atoms with Crippen molar-refractivity contribution in [2.45, 2.75) is 57.5 Å². The van der Waals surface area contributed by atoms with Gasteiger partial charge in [-0.15, -0.1) is 0 Å². The van der Waals surface area contributed by atoms with Crippen LogP contribution in [0.15, 0.2) is 72.8 Å². The van der Waals surface area contributed by atoms with Gasteiger partial charge in [-0.3, -0.25) is 0 Å². The average Bonchev–Trinajstić information content (AvgIpc) is 2.87. The maximum absolute atomic E-state index is 3.98. The molecule has 0 aliphatic heterocycles. The van der Waals surface area contributed by atoms with Crippen LogP contribution in [0.2, 0.25) is 0 Å². The first-order chi connectivity index (χ1) is 16.7. The van der Waals surface area contributed by atoms with Gasteiger partial charge in [0.25, 0.3) is 0 Å². The minimum atomic E-state index is 0.420. The Hall–Kier alpha value is -2.20. The molecule has 1 saturated carbocycles. The fourth-order valence-electron chi connectivity index (χ4n) is 5.40. The molecule has 3 N–H and O–H groups in total. The van der Waals surface area contributed by atoms with Crippen molar-refractivity contribution in [3.05, 3.63) is 83.9 Å². The summed E-state index contributed by atoms with van der Waals surface area (Å²) in [5, 5.41) is 13.9. The molecule has 0 heterocycles. The molecule has 3 heteroatoms. The Labute approximate surface area is 206 Å². The topological polar surface area (TPSA) is 36.1 Å². The van der Waals surface area contributed by atoms with Crippen LogP contribution in [0.25, 0.3) is 10.8 Å². The molecular weight excluding hydrogens is 414 g/mol. The SMILES string of the molecule is CNC[C@@H](Cc1ccccc1)NC[C@@H](Cc1ccc2ccccc2c1)NCC1CCC(C)CC1. The van der Waals surface area contributed by atoms with Gasteiger partial charge in [0.15, 0.2) is 0 Å². The number of likely N-dealkylation sites (N-methyl/N-ethyl adjacent to an activating group) is 1. The van der Waals surface area contributed by atoms with E-state index in [0.717, 1.165) is 44.3 Å². The molecule has 182 valence electrons. The largest absolute Gasteiger partial charge is 0.318 e. The van der Waals surface area contributed by atoms with E-state index in [2.05, 4.69) is 103 Å². The van der Waals surface area contributed by atoms with E-state index < -0.39 is 0 Å². The first kappa shape index (κ1) is 24.9. The van der Waals surface area contributed by atoms with Crippen molar-refractivity contribution in [3.8, 4) is 0 Å². The van der Waals surface area contributed by atoms with Crippen LogP contribution in [0.3, 0.4) is 0 Å². The van der Waals surface area contributed by atoms with Crippen LogP contribution in [0.5, 0.6) is 0 Å². The van der Waals surface area contributed by atoms with Crippen LogP contribution < -0.4 is 16.0 Å². The summed E-state index contributed by atoms with van der Waals surface area (Å²) in [7, 11) is 2.05. The second kappa shape index (κ2) is 13.0. The summed E-state index contributed by atoms with van der Waals surface area (Å²) in [6.07, 6.45) is 7.63. The fraction of sp³-hybridized carbons (Fsp3) is 0.484. The quantitative estimate of drug-likeness (QED) is 0.332. The molecule has 0 radical (unpaired) electrons. The zero-order chi connectivity index (χ0) is 23.6. The maximum Gasteiger partial charge on any atom is 0.0233 e. The molecule has 3 aromatic carbocycles. The first-order valence-corrected chi connectivity index (χ1v) is 13.3. The zero-order valence-corrected chi connectivity index (χ0v) is 21.1. The highest BCUT2D eigenvalue weighted by atomic mass is 15.0. The van der Waals surface area contributed by atoms with E-state index in [4.69, 9.17) is 0 Å². The summed E-state index contributed by atoms with van der Waals surface area (Å²) in [5.41, 5.74) is 2.81. The van der Waals surface area contributed by atoms with Gasteiger partial charge in [0.1, 0.15) is 0 Å². The van der Waals surface area contributed by atoms with Gasteiger partial charge < -0.3 is 16.0 Å². The van der Waals surface area contributed by atoms with Crippen molar-refractivity contribution in [2.24, 2.45) is 11.8 Å². The molecule has 0 aromatic heterocycles. The summed E-state index contributed by atoms with van der Waals surface area (Å²) < 4.78 is 0. The number of hydrogen-bond acceptors (Lipinski definition) is 3. The number of nitrogens with one attached hydrogen (secondary N) is 3. The molecule has 1 aliphatic carbocycles. The molecule has 3 nitrogen and oxygen atoms in total. The molecule has 0 unspecified atom stereocenters. The van der Waals surface area contributed by atoms with Crippen molar-refractivity contribution in [2.75, 3.05) is 26.7 Å². The predicted octanol–water partition coefficient (Wildman–Crippen LogP) is 5.59. The molecule has 0 spiro atoms. The normalized spacial score (nSPS) is 20.3. The van der Waals surface area contributed by atoms with Gasteiger partial charge in [-0.25, -0.2) is 0 Å². The second-order valence-electron chi connectivity index (χ2n) is 10.5. The van der Waals surface area contributed by atoms with E-state index >= 15 is 0 Å². The van der Waals surface area contributed by atoms with E-state index in [9.17, 15) is 0 Å². The smallest absolute Gasteiger partial charge is 0.0233 e. The van der Waals surface area contributed by atoms with Crippen LogP contribution in [0.1, 0.15) is 43.7 Å². The predicted molar refractivity (Wildman–Crippen MR) is 146 cm³/mol. The summed E-state index contributed by atoms with van der Waals surface area (Å²) in [5.74, 6) is 1.74. The molecule has 0 amide bonds. The van der Waals surface area contributed by atoms with Gasteiger partial charge in [0.05, 0.1) is 0 Å². The number of rotatable bonds is 12. The third kappa shape index (κ3) is 7.66. The van der Waals surface area contributed by atoms with Gasteiger partial charge in [-0.1, -0.05) is 92.6 Å². The monoisotopic (exact) mass is 457 g/mol. The molecule has 3 aromatic rings. The minimum Gasteiger partial charge on any atom is -0.318 e. The van der Waals surface area contributed by atoms with E-state index in [1.54, 1.807) is 0 Å². The van der Waals surface area contributed by atoms with Gasteiger partial charge >= 0.3 is 0 Å². The van der Waals surface area contributed by atoms with Crippen molar-refractivity contribution in [1.82, 2.24) is 16.0 Å². The van der Waals surface area contributed by atoms with E-state index in [1.165, 1.54) is 47.6 Å². The van der Waals surface area contributed by atoms with Crippen molar-refractivity contribution < 1.29 is 0 Å². The van der Waals surface area contributed by atoms with Gasteiger partial charge in [-0.2, -0.15) is 0 Å². The molecule has 34 heavy (non-hydrogen) atoms. The van der Waals surface area contributed by atoms with Crippen LogP contribution >= 0.6 is 0 Å². The third-order valence-electron chi connectivity index (χ3n) is 7.55. The van der Waals surface area contributed by atoms with Gasteiger partial charge in [0, 0.05) is 25.2 Å². The molecule has 0 bridgehead atoms. The van der Waals surface area contributed by atoms with Crippen LogP contribution in [0, 0.1) is 11.8 Å². The Morgan fingerprint density at radius 2 is 1.38 bits per heavy atom. The number of benzene rings is 3. The lowest BCUT2D eigenvalue weighted by molar-refractivity contribution is 0.271. The van der Waals surface area contributed by atoms with E-state index in [0.29, 0.717) is 12.1 Å². The highest BCUT2D eigenvalue weighted by Crippen LogP contribution is 2.27. The van der Waals surface area contributed by atoms with Crippen LogP contribution in [-0.2, 0) is 12.8 Å². The van der Waals surface area contributed by atoms with Gasteiger partial charge in [-0.05, 0) is 73.0 Å². The van der Waals surface area contributed by atoms with Crippen molar-refractivity contribution in [1.29, 1.82) is 0 Å². The molecule has 1 aliphatic rings. The Morgan fingerprint density at radius 1 is 0.706 bits per heavy atom. The van der Waals surface area contributed by atoms with E-state index in [1.807, 2.05) is 0 Å². The standard InChI is InChI=1S/C31H43N3/c1-24-12-14-26(15-13-24)21-33-31(20-27-16-17-28-10-6-7-11-29(28)18-27)23-34-30(22-32-2)19-25-8-4-3-5-9-25/h3-11,16-18,24,26,30-34H,12-15,19-23H2,1-2H3/t24?,26?,30-,31-/m1/s1. The molecule has 2 atom stereocenters. The highest BCUT2D eigenvalue weighted by Gasteiger charge is 2.20. The lowest BCUT2D eigenvalue weighted by Crippen LogP contribution is -2.48.